The number of hydrogen-bond acceptors (Lipinski definition) is 7. The van der Waals surface area contributed by atoms with Gasteiger partial charge in [0, 0.05) is 36.8 Å². The van der Waals surface area contributed by atoms with E-state index in [0.29, 0.717) is 42.6 Å². The van der Waals surface area contributed by atoms with Crippen molar-refractivity contribution in [3.8, 4) is 11.8 Å². The molecule has 160 valence electrons. The second-order valence-corrected chi connectivity index (χ2v) is 7.51. The van der Waals surface area contributed by atoms with Crippen LogP contribution in [0.4, 0.5) is 0 Å². The van der Waals surface area contributed by atoms with Crippen LogP contribution in [0.3, 0.4) is 0 Å². The molecule has 0 atom stereocenters. The van der Waals surface area contributed by atoms with E-state index in [1.807, 2.05) is 4.68 Å². The lowest BCUT2D eigenvalue weighted by Crippen LogP contribution is -2.37. The summed E-state index contributed by atoms with van der Waals surface area (Å²) in [5, 5.41) is 4.56. The molecule has 2 aliphatic rings. The summed E-state index contributed by atoms with van der Waals surface area (Å²) >= 11 is 0. The van der Waals surface area contributed by atoms with E-state index in [1.54, 1.807) is 24.0 Å². The van der Waals surface area contributed by atoms with E-state index < -0.39 is 5.97 Å². The lowest BCUT2D eigenvalue weighted by Gasteiger charge is -2.28. The van der Waals surface area contributed by atoms with E-state index in [0.717, 1.165) is 17.8 Å². The van der Waals surface area contributed by atoms with Gasteiger partial charge in [-0.3, -0.25) is 9.48 Å². The van der Waals surface area contributed by atoms with Crippen LogP contribution in [-0.4, -0.2) is 58.9 Å². The molecular weight excluding hydrogens is 388 g/mol. The lowest BCUT2D eigenvalue weighted by atomic mass is 10.0. The predicted octanol–water partition coefficient (Wildman–Crippen LogP) is 2.08. The summed E-state index contributed by atoms with van der Waals surface area (Å²) in [6.07, 6.45) is 3.02. The van der Waals surface area contributed by atoms with Crippen LogP contribution in [0.15, 0.2) is 12.1 Å². The van der Waals surface area contributed by atoms with Crippen molar-refractivity contribution in [2.45, 2.75) is 39.3 Å². The van der Waals surface area contributed by atoms with Crippen LogP contribution in [0.2, 0.25) is 0 Å². The van der Waals surface area contributed by atoms with E-state index in [9.17, 15) is 9.59 Å². The van der Waals surface area contributed by atoms with Crippen LogP contribution >= 0.6 is 0 Å². The maximum atomic E-state index is 13.2. The summed E-state index contributed by atoms with van der Waals surface area (Å²) in [7, 11) is 2.97. The first kappa shape index (κ1) is 20.2. The zero-order chi connectivity index (χ0) is 21.3. The Morgan fingerprint density at radius 3 is 2.67 bits per heavy atom. The Balaban J connectivity index is 1.63. The molecule has 0 bridgehead atoms. The number of methoxy groups -OCH3 is 2. The van der Waals surface area contributed by atoms with Gasteiger partial charge in [0.1, 0.15) is 5.56 Å². The highest BCUT2D eigenvalue weighted by molar-refractivity contribution is 5.97. The molecule has 1 amide bonds. The van der Waals surface area contributed by atoms with E-state index in [1.165, 1.54) is 27.1 Å². The maximum absolute atomic E-state index is 13.2. The second kappa shape index (κ2) is 8.33. The van der Waals surface area contributed by atoms with Crippen molar-refractivity contribution >= 4 is 11.9 Å². The molecule has 0 saturated heterocycles. The topological polar surface area (TPSA) is 95.8 Å². The molecule has 3 heterocycles. The van der Waals surface area contributed by atoms with E-state index in [-0.39, 0.29) is 18.4 Å². The molecule has 0 aromatic carbocycles. The average molecular weight is 414 g/mol. The molecule has 1 saturated carbocycles. The molecule has 2 aromatic heterocycles. The van der Waals surface area contributed by atoms with Crippen LogP contribution < -0.4 is 9.47 Å². The van der Waals surface area contributed by atoms with Gasteiger partial charge in [-0.15, -0.1) is 0 Å². The molecule has 9 nitrogen and oxygen atoms in total. The number of ether oxygens (including phenoxy) is 3. The highest BCUT2D eigenvalue weighted by atomic mass is 16.5. The minimum Gasteiger partial charge on any atom is -0.481 e. The maximum Gasteiger partial charge on any atom is 0.359 e. The normalized spacial score (nSPS) is 15.5. The standard InChI is InChI=1S/C21H26N4O5/c1-4-30-21(27)18-15-12-24(10-9-16(15)25(23-18)11-13-5-6-13)20(26)14-7-8-17(28-2)22-19(14)29-3/h7-8,13H,4-6,9-12H2,1-3H3. The first-order valence-electron chi connectivity index (χ1n) is 10.2. The summed E-state index contributed by atoms with van der Waals surface area (Å²) in [4.78, 5) is 31.6. The van der Waals surface area contributed by atoms with Gasteiger partial charge in [-0.05, 0) is 31.7 Å². The lowest BCUT2D eigenvalue weighted by molar-refractivity contribution is 0.0512. The van der Waals surface area contributed by atoms with Gasteiger partial charge in [-0.1, -0.05) is 0 Å². The third-order valence-electron chi connectivity index (χ3n) is 5.49. The van der Waals surface area contributed by atoms with Crippen molar-refractivity contribution in [2.75, 3.05) is 27.4 Å². The Labute approximate surface area is 174 Å². The van der Waals surface area contributed by atoms with Crippen molar-refractivity contribution in [3.05, 3.63) is 34.6 Å². The third kappa shape index (κ3) is 3.83. The molecule has 0 spiro atoms. The SMILES string of the molecule is CCOC(=O)c1nn(CC2CC2)c2c1CN(C(=O)c1ccc(OC)nc1OC)CC2. The van der Waals surface area contributed by atoms with Gasteiger partial charge in [-0.2, -0.15) is 10.1 Å². The first-order chi connectivity index (χ1) is 14.5. The summed E-state index contributed by atoms with van der Waals surface area (Å²) in [6.45, 7) is 3.68. The minimum atomic E-state index is -0.443. The summed E-state index contributed by atoms with van der Waals surface area (Å²) in [6, 6.07) is 3.27. The summed E-state index contributed by atoms with van der Waals surface area (Å²) < 4.78 is 17.5. The van der Waals surface area contributed by atoms with Gasteiger partial charge >= 0.3 is 5.97 Å². The second-order valence-electron chi connectivity index (χ2n) is 7.51. The van der Waals surface area contributed by atoms with Gasteiger partial charge in [0.15, 0.2) is 5.69 Å². The van der Waals surface area contributed by atoms with Gasteiger partial charge in [0.25, 0.3) is 5.91 Å². The minimum absolute atomic E-state index is 0.209. The van der Waals surface area contributed by atoms with Crippen LogP contribution in [0.1, 0.15) is 51.9 Å². The molecule has 0 unspecified atom stereocenters. The molecule has 0 N–H and O–H groups in total. The average Bonchev–Trinajstić information content (AvgIpc) is 3.52. The Morgan fingerprint density at radius 2 is 2.00 bits per heavy atom. The zero-order valence-corrected chi connectivity index (χ0v) is 17.5. The van der Waals surface area contributed by atoms with Crippen LogP contribution in [0.25, 0.3) is 0 Å². The third-order valence-corrected chi connectivity index (χ3v) is 5.49. The Hall–Kier alpha value is -3.10. The van der Waals surface area contributed by atoms with Crippen molar-refractivity contribution in [3.63, 3.8) is 0 Å². The molecule has 1 fully saturated rings. The molecule has 9 heteroatoms. The predicted molar refractivity (Wildman–Crippen MR) is 107 cm³/mol. The number of rotatable bonds is 7. The van der Waals surface area contributed by atoms with E-state index in [4.69, 9.17) is 14.2 Å². The monoisotopic (exact) mass is 414 g/mol. The highest BCUT2D eigenvalue weighted by Gasteiger charge is 2.33. The Bertz CT molecular complexity index is 967. The van der Waals surface area contributed by atoms with E-state index in [2.05, 4.69) is 10.1 Å². The first-order valence-corrected chi connectivity index (χ1v) is 10.2. The number of esters is 1. The molecule has 0 radical (unpaired) electrons. The van der Waals surface area contributed by atoms with Crippen molar-refractivity contribution in [1.82, 2.24) is 19.7 Å². The fraction of sp³-hybridized carbons (Fsp3) is 0.524. The highest BCUT2D eigenvalue weighted by Crippen LogP contribution is 2.33. The molecule has 30 heavy (non-hydrogen) atoms. The molecular formula is C21H26N4O5. The number of carbonyl (C=O) groups excluding carboxylic acids is 2. The molecule has 1 aliphatic heterocycles. The van der Waals surface area contributed by atoms with Crippen LogP contribution in [-0.2, 0) is 24.2 Å². The van der Waals surface area contributed by atoms with Gasteiger partial charge in [0.2, 0.25) is 11.8 Å². The van der Waals surface area contributed by atoms with Crippen molar-refractivity contribution in [2.24, 2.45) is 5.92 Å². The zero-order valence-electron chi connectivity index (χ0n) is 17.5. The van der Waals surface area contributed by atoms with Crippen LogP contribution in [0.5, 0.6) is 11.8 Å². The van der Waals surface area contributed by atoms with Gasteiger partial charge < -0.3 is 19.1 Å². The number of amides is 1. The number of aromatic nitrogens is 3. The fourth-order valence-corrected chi connectivity index (χ4v) is 3.75. The Morgan fingerprint density at radius 1 is 1.20 bits per heavy atom. The van der Waals surface area contributed by atoms with Gasteiger partial charge in [-0.25, -0.2) is 4.79 Å². The molecule has 2 aromatic rings. The van der Waals surface area contributed by atoms with Crippen molar-refractivity contribution < 1.29 is 23.8 Å². The molecule has 4 rings (SSSR count). The van der Waals surface area contributed by atoms with Crippen molar-refractivity contribution in [1.29, 1.82) is 0 Å². The number of carbonyl (C=O) groups is 2. The van der Waals surface area contributed by atoms with Crippen LogP contribution in [0, 0.1) is 5.92 Å². The molecule has 1 aliphatic carbocycles. The summed E-state index contributed by atoms with van der Waals surface area (Å²) in [5.41, 5.74) is 2.46. The van der Waals surface area contributed by atoms with E-state index >= 15 is 0 Å². The quantitative estimate of drug-likeness (QED) is 0.640. The van der Waals surface area contributed by atoms with Gasteiger partial charge in [0.05, 0.1) is 27.4 Å². The number of nitrogens with zero attached hydrogens (tertiary/aromatic N) is 4. The Kier molecular flexibility index (Phi) is 5.61. The number of pyridine rings is 1. The summed E-state index contributed by atoms with van der Waals surface area (Å²) in [5.74, 6) is 0.549. The number of hydrogen-bond donors (Lipinski definition) is 0. The largest absolute Gasteiger partial charge is 0.481 e. The smallest absolute Gasteiger partial charge is 0.359 e. The number of fused-ring (bicyclic) bond motifs is 1. The fourth-order valence-electron chi connectivity index (χ4n) is 3.75.